The number of carbonyl (C=O) groups excluding carboxylic acids is 2. The van der Waals surface area contributed by atoms with Crippen molar-refractivity contribution in [3.8, 4) is 11.1 Å². The molecule has 2 aromatic heterocycles. The maximum atomic E-state index is 13.3. The second kappa shape index (κ2) is 8.17. The zero-order valence-corrected chi connectivity index (χ0v) is 16.1. The quantitative estimate of drug-likeness (QED) is 0.637. The summed E-state index contributed by atoms with van der Waals surface area (Å²) in [5.74, 6) is -0.893. The molecule has 2 N–H and O–H groups in total. The second-order valence-corrected chi connectivity index (χ2v) is 7.14. The first-order valence-electron chi connectivity index (χ1n) is 9.51. The van der Waals surface area contributed by atoms with Crippen LogP contribution in [0.5, 0.6) is 0 Å². The van der Waals surface area contributed by atoms with Gasteiger partial charge in [-0.2, -0.15) is 13.2 Å². The molecule has 3 aromatic rings. The average Bonchev–Trinajstić information content (AvgIpc) is 3.57. The number of hydrogen-bond acceptors (Lipinski definition) is 4. The predicted molar refractivity (Wildman–Crippen MR) is 107 cm³/mol. The van der Waals surface area contributed by atoms with E-state index in [1.165, 1.54) is 55.0 Å². The van der Waals surface area contributed by atoms with Gasteiger partial charge >= 0.3 is 6.18 Å². The van der Waals surface area contributed by atoms with Gasteiger partial charge in [0.25, 0.3) is 11.8 Å². The van der Waals surface area contributed by atoms with Crippen LogP contribution in [0.15, 0.2) is 61.1 Å². The smallest absolute Gasteiger partial charge is 0.348 e. The van der Waals surface area contributed by atoms with Gasteiger partial charge in [0.15, 0.2) is 0 Å². The summed E-state index contributed by atoms with van der Waals surface area (Å²) in [6, 6.07) is 9.53. The summed E-state index contributed by atoms with van der Waals surface area (Å²) in [6.07, 6.45) is 1.31. The Hall–Kier alpha value is -3.75. The molecule has 0 radical (unpaired) electrons. The van der Waals surface area contributed by atoms with Gasteiger partial charge in [0.2, 0.25) is 0 Å². The fourth-order valence-corrected chi connectivity index (χ4v) is 3.02. The number of nitrogens with one attached hydrogen (secondary N) is 2. The first kappa shape index (κ1) is 20.5. The van der Waals surface area contributed by atoms with E-state index < -0.39 is 17.6 Å². The lowest BCUT2D eigenvalue weighted by atomic mass is 10.0. The van der Waals surface area contributed by atoms with Crippen LogP contribution < -0.4 is 10.6 Å². The maximum absolute atomic E-state index is 13.3. The third-order valence-electron chi connectivity index (χ3n) is 4.71. The molecule has 1 saturated carbocycles. The largest absolute Gasteiger partial charge is 0.417 e. The van der Waals surface area contributed by atoms with Crippen molar-refractivity contribution in [1.82, 2.24) is 15.3 Å². The minimum absolute atomic E-state index is 0.0402. The van der Waals surface area contributed by atoms with Crippen molar-refractivity contribution in [1.29, 1.82) is 0 Å². The number of benzene rings is 1. The molecule has 0 unspecified atom stereocenters. The summed E-state index contributed by atoms with van der Waals surface area (Å²) in [5, 5.41) is 5.40. The number of aromatic nitrogens is 2. The summed E-state index contributed by atoms with van der Waals surface area (Å²) in [4.78, 5) is 32.7. The van der Waals surface area contributed by atoms with Gasteiger partial charge in [0.1, 0.15) is 5.69 Å². The van der Waals surface area contributed by atoms with Crippen LogP contribution >= 0.6 is 0 Å². The van der Waals surface area contributed by atoms with Crippen LogP contribution in [0.3, 0.4) is 0 Å². The van der Waals surface area contributed by atoms with Gasteiger partial charge in [-0.15, -0.1) is 0 Å². The van der Waals surface area contributed by atoms with Crippen molar-refractivity contribution in [2.24, 2.45) is 0 Å². The van der Waals surface area contributed by atoms with Crippen molar-refractivity contribution < 1.29 is 22.8 Å². The van der Waals surface area contributed by atoms with Gasteiger partial charge in [0, 0.05) is 29.6 Å². The van der Waals surface area contributed by atoms with Gasteiger partial charge < -0.3 is 10.6 Å². The summed E-state index contributed by atoms with van der Waals surface area (Å²) in [6.45, 7) is 0. The molecular formula is C22H17F3N4O2. The topological polar surface area (TPSA) is 84.0 Å². The summed E-state index contributed by atoms with van der Waals surface area (Å²) in [7, 11) is 0. The Morgan fingerprint density at radius 2 is 1.77 bits per heavy atom. The molecule has 1 aromatic carbocycles. The molecule has 6 nitrogen and oxygen atoms in total. The highest BCUT2D eigenvalue weighted by Gasteiger charge is 2.33. The Morgan fingerprint density at radius 3 is 2.52 bits per heavy atom. The molecule has 31 heavy (non-hydrogen) atoms. The monoisotopic (exact) mass is 426 g/mol. The molecule has 9 heteroatoms. The lowest BCUT2D eigenvalue weighted by molar-refractivity contribution is -0.137. The number of rotatable bonds is 5. The van der Waals surface area contributed by atoms with Crippen LogP contribution in [0.1, 0.15) is 39.3 Å². The minimum atomic E-state index is -4.52. The second-order valence-electron chi connectivity index (χ2n) is 7.14. The van der Waals surface area contributed by atoms with E-state index in [0.29, 0.717) is 0 Å². The van der Waals surface area contributed by atoms with Crippen LogP contribution in [-0.4, -0.2) is 27.8 Å². The number of amides is 2. The van der Waals surface area contributed by atoms with Crippen molar-refractivity contribution in [2.45, 2.75) is 25.1 Å². The van der Waals surface area contributed by atoms with Crippen molar-refractivity contribution in [2.75, 3.05) is 5.32 Å². The van der Waals surface area contributed by atoms with Crippen LogP contribution in [-0.2, 0) is 6.18 Å². The highest BCUT2D eigenvalue weighted by molar-refractivity contribution is 6.05. The van der Waals surface area contributed by atoms with Crippen molar-refractivity contribution in [3.05, 3.63) is 77.9 Å². The van der Waals surface area contributed by atoms with E-state index in [2.05, 4.69) is 20.6 Å². The number of hydrogen-bond donors (Lipinski definition) is 2. The van der Waals surface area contributed by atoms with Crippen LogP contribution in [0.2, 0.25) is 0 Å². The number of halogens is 3. The number of anilines is 1. The Labute approximate surface area is 175 Å². The molecule has 2 amide bonds. The van der Waals surface area contributed by atoms with Gasteiger partial charge in [-0.25, -0.2) is 0 Å². The Kier molecular flexibility index (Phi) is 5.41. The Bertz CT molecular complexity index is 1140. The normalized spacial score (nSPS) is 13.5. The molecule has 0 bridgehead atoms. The van der Waals surface area contributed by atoms with E-state index in [9.17, 15) is 22.8 Å². The zero-order chi connectivity index (χ0) is 22.0. The van der Waals surface area contributed by atoms with E-state index in [-0.39, 0.29) is 40.0 Å². The van der Waals surface area contributed by atoms with Gasteiger partial charge in [0.05, 0.1) is 17.4 Å². The molecule has 4 rings (SSSR count). The van der Waals surface area contributed by atoms with Crippen molar-refractivity contribution in [3.63, 3.8) is 0 Å². The maximum Gasteiger partial charge on any atom is 0.417 e. The van der Waals surface area contributed by atoms with Crippen molar-refractivity contribution >= 4 is 17.5 Å². The third-order valence-corrected chi connectivity index (χ3v) is 4.71. The van der Waals surface area contributed by atoms with E-state index in [4.69, 9.17) is 0 Å². The van der Waals surface area contributed by atoms with Gasteiger partial charge in [-0.1, -0.05) is 18.2 Å². The first-order chi connectivity index (χ1) is 14.8. The number of alkyl halides is 3. The standard InChI is InChI=1S/C22H17F3N4O2/c23-22(24,25)18-4-2-1-3-17(18)14-9-16(12-26-11-14)29-20(30)13-7-8-27-19(10-13)21(31)28-15-5-6-15/h1-4,7-12,15H,5-6H2,(H,28,31)(H,29,30). The lowest BCUT2D eigenvalue weighted by Crippen LogP contribution is -2.26. The minimum Gasteiger partial charge on any atom is -0.348 e. The first-order valence-corrected chi connectivity index (χ1v) is 9.51. The third kappa shape index (κ3) is 4.88. The molecule has 2 heterocycles. The van der Waals surface area contributed by atoms with E-state index >= 15 is 0 Å². The predicted octanol–water partition coefficient (Wildman–Crippen LogP) is 4.31. The molecule has 158 valence electrons. The molecule has 1 aliphatic carbocycles. The van der Waals surface area contributed by atoms with E-state index in [1.807, 2.05) is 0 Å². The molecule has 1 fully saturated rings. The molecule has 0 atom stereocenters. The van der Waals surface area contributed by atoms with E-state index in [0.717, 1.165) is 18.9 Å². The Morgan fingerprint density at radius 1 is 1.00 bits per heavy atom. The summed E-state index contributed by atoms with van der Waals surface area (Å²) >= 11 is 0. The summed E-state index contributed by atoms with van der Waals surface area (Å²) < 4.78 is 40.0. The fourth-order valence-electron chi connectivity index (χ4n) is 3.02. The molecule has 0 aliphatic heterocycles. The molecule has 0 saturated heterocycles. The summed E-state index contributed by atoms with van der Waals surface area (Å²) in [5.41, 5.74) is -0.0879. The fraction of sp³-hybridized carbons (Fsp3) is 0.182. The number of carbonyl (C=O) groups is 2. The molecular weight excluding hydrogens is 409 g/mol. The lowest BCUT2D eigenvalue weighted by Gasteiger charge is -2.13. The van der Waals surface area contributed by atoms with Crippen LogP contribution in [0, 0.1) is 0 Å². The zero-order valence-electron chi connectivity index (χ0n) is 16.1. The van der Waals surface area contributed by atoms with Gasteiger partial charge in [-0.3, -0.25) is 19.6 Å². The van der Waals surface area contributed by atoms with Gasteiger partial charge in [-0.05, 0) is 42.7 Å². The van der Waals surface area contributed by atoms with E-state index in [1.54, 1.807) is 0 Å². The molecule has 0 spiro atoms. The highest BCUT2D eigenvalue weighted by Crippen LogP contribution is 2.37. The highest BCUT2D eigenvalue weighted by atomic mass is 19.4. The SMILES string of the molecule is O=C(Nc1cncc(-c2ccccc2C(F)(F)F)c1)c1ccnc(C(=O)NC2CC2)c1. The van der Waals surface area contributed by atoms with Crippen LogP contribution in [0.4, 0.5) is 18.9 Å². The van der Waals surface area contributed by atoms with Crippen LogP contribution in [0.25, 0.3) is 11.1 Å². The Balaban J connectivity index is 1.55. The number of pyridine rings is 2. The average molecular weight is 426 g/mol. The molecule has 1 aliphatic rings. The number of nitrogens with zero attached hydrogens (tertiary/aromatic N) is 2.